The monoisotopic (exact) mass is 184 g/mol. The predicted molar refractivity (Wildman–Crippen MR) is 52.4 cm³/mol. The molecule has 0 amide bonds. The van der Waals surface area contributed by atoms with Gasteiger partial charge in [-0.25, -0.2) is 0 Å². The van der Waals surface area contributed by atoms with Crippen LogP contribution in [0.15, 0.2) is 0 Å². The smallest absolute Gasteiger partial charge is 0.0561 e. The van der Waals surface area contributed by atoms with Gasteiger partial charge in [0.1, 0.15) is 0 Å². The van der Waals surface area contributed by atoms with Crippen LogP contribution in [-0.2, 0) is 0 Å². The largest absolute Gasteiger partial charge is 0.393 e. The van der Waals surface area contributed by atoms with Crippen LogP contribution < -0.4 is 5.73 Å². The third-order valence-electron chi connectivity index (χ3n) is 3.94. The zero-order valence-electron chi connectivity index (χ0n) is 8.37. The topological polar surface area (TPSA) is 49.5 Å². The molecule has 76 valence electrons. The van der Waals surface area contributed by atoms with E-state index >= 15 is 0 Å². The molecule has 3 nitrogen and oxygen atoms in total. The Hall–Kier alpha value is -0.120. The van der Waals surface area contributed by atoms with Crippen molar-refractivity contribution in [3.63, 3.8) is 0 Å². The molecule has 1 saturated carbocycles. The van der Waals surface area contributed by atoms with Crippen LogP contribution in [0.5, 0.6) is 0 Å². The Labute approximate surface area is 79.9 Å². The van der Waals surface area contributed by atoms with Gasteiger partial charge in [0.05, 0.1) is 6.10 Å². The van der Waals surface area contributed by atoms with Crippen molar-refractivity contribution >= 4 is 0 Å². The first-order valence-electron chi connectivity index (χ1n) is 5.25. The third kappa shape index (κ3) is 1.60. The van der Waals surface area contributed by atoms with E-state index in [9.17, 15) is 5.11 Å². The summed E-state index contributed by atoms with van der Waals surface area (Å²) in [5.74, 6) is 0. The van der Waals surface area contributed by atoms with Crippen molar-refractivity contribution in [1.82, 2.24) is 4.90 Å². The Morgan fingerprint density at radius 1 is 1.38 bits per heavy atom. The normalized spacial score (nSPS) is 39.9. The zero-order valence-corrected chi connectivity index (χ0v) is 8.37. The number of hydrogen-bond donors (Lipinski definition) is 2. The van der Waals surface area contributed by atoms with Gasteiger partial charge in [0.15, 0.2) is 0 Å². The number of hydrogen-bond acceptors (Lipinski definition) is 3. The molecule has 3 N–H and O–H groups in total. The molecule has 0 aromatic carbocycles. The summed E-state index contributed by atoms with van der Waals surface area (Å²) < 4.78 is 0. The van der Waals surface area contributed by atoms with E-state index < -0.39 is 0 Å². The minimum atomic E-state index is -0.140. The molecule has 1 aliphatic heterocycles. The van der Waals surface area contributed by atoms with Crippen LogP contribution in [0.2, 0.25) is 0 Å². The van der Waals surface area contributed by atoms with E-state index in [-0.39, 0.29) is 17.6 Å². The lowest BCUT2D eigenvalue weighted by atomic mass is 9.74. The number of rotatable bonds is 0. The van der Waals surface area contributed by atoms with Crippen molar-refractivity contribution in [3.05, 3.63) is 0 Å². The fourth-order valence-corrected chi connectivity index (χ4v) is 2.89. The van der Waals surface area contributed by atoms with E-state index in [1.54, 1.807) is 0 Å². The van der Waals surface area contributed by atoms with E-state index in [2.05, 4.69) is 11.9 Å². The van der Waals surface area contributed by atoms with Crippen molar-refractivity contribution in [2.24, 2.45) is 11.1 Å². The summed E-state index contributed by atoms with van der Waals surface area (Å²) in [6, 6.07) is 0.233. The maximum absolute atomic E-state index is 9.59. The lowest BCUT2D eigenvalue weighted by Gasteiger charge is -2.40. The highest BCUT2D eigenvalue weighted by atomic mass is 16.3. The average molecular weight is 184 g/mol. The maximum Gasteiger partial charge on any atom is 0.0561 e. The number of piperidine rings is 1. The maximum atomic E-state index is 9.59. The minimum absolute atomic E-state index is 0.140. The second-order valence-corrected chi connectivity index (χ2v) is 4.87. The fourth-order valence-electron chi connectivity index (χ4n) is 2.89. The molecule has 3 heteroatoms. The van der Waals surface area contributed by atoms with Crippen LogP contribution in [0.3, 0.4) is 0 Å². The fraction of sp³-hybridized carbons (Fsp3) is 1.00. The molecule has 2 rings (SSSR count). The molecule has 1 heterocycles. The van der Waals surface area contributed by atoms with E-state index in [1.165, 1.54) is 12.8 Å². The van der Waals surface area contributed by atoms with Crippen LogP contribution in [0, 0.1) is 5.41 Å². The standard InChI is InChI=1S/C10H20N2O/c1-12-4-2-10(3-5-12)7-8(13)6-9(10)11/h8-9,13H,2-7,11H2,1H3/t8?,9-/m0/s1. The van der Waals surface area contributed by atoms with Gasteiger partial charge in [-0.15, -0.1) is 0 Å². The van der Waals surface area contributed by atoms with E-state index in [1.807, 2.05) is 0 Å². The van der Waals surface area contributed by atoms with Gasteiger partial charge in [0.2, 0.25) is 0 Å². The van der Waals surface area contributed by atoms with Crippen LogP contribution in [0.1, 0.15) is 25.7 Å². The number of aliphatic hydroxyl groups excluding tert-OH is 1. The lowest BCUT2D eigenvalue weighted by molar-refractivity contribution is 0.0932. The van der Waals surface area contributed by atoms with Crippen molar-refractivity contribution < 1.29 is 5.11 Å². The molecule has 1 unspecified atom stereocenters. The van der Waals surface area contributed by atoms with Crippen molar-refractivity contribution in [2.45, 2.75) is 37.8 Å². The van der Waals surface area contributed by atoms with Crippen LogP contribution in [-0.4, -0.2) is 42.3 Å². The second-order valence-electron chi connectivity index (χ2n) is 4.87. The van der Waals surface area contributed by atoms with Crippen molar-refractivity contribution in [2.75, 3.05) is 20.1 Å². The molecular formula is C10H20N2O. The lowest BCUT2D eigenvalue weighted by Crippen LogP contribution is -2.45. The van der Waals surface area contributed by atoms with Gasteiger partial charge in [-0.2, -0.15) is 0 Å². The third-order valence-corrected chi connectivity index (χ3v) is 3.94. The highest BCUT2D eigenvalue weighted by Gasteiger charge is 2.45. The summed E-state index contributed by atoms with van der Waals surface area (Å²) in [6.07, 6.45) is 3.94. The molecule has 1 spiro atoms. The van der Waals surface area contributed by atoms with Gasteiger partial charge in [0.25, 0.3) is 0 Å². The van der Waals surface area contributed by atoms with Gasteiger partial charge in [0, 0.05) is 6.04 Å². The van der Waals surface area contributed by atoms with Crippen LogP contribution in [0.25, 0.3) is 0 Å². The number of nitrogens with zero attached hydrogens (tertiary/aromatic N) is 1. The molecule has 2 aliphatic rings. The highest BCUT2D eigenvalue weighted by Crippen LogP contribution is 2.45. The predicted octanol–water partition coefficient (Wildman–Crippen LogP) is 0.180. The number of likely N-dealkylation sites (tertiary alicyclic amines) is 1. The first-order valence-corrected chi connectivity index (χ1v) is 5.25. The van der Waals surface area contributed by atoms with Gasteiger partial charge >= 0.3 is 0 Å². The quantitative estimate of drug-likeness (QED) is 0.564. The van der Waals surface area contributed by atoms with Crippen molar-refractivity contribution in [3.8, 4) is 0 Å². The van der Waals surface area contributed by atoms with Gasteiger partial charge in [-0.3, -0.25) is 0 Å². The molecule has 0 bridgehead atoms. The molecule has 2 atom stereocenters. The summed E-state index contributed by atoms with van der Waals surface area (Å²) in [4.78, 5) is 2.35. The molecular weight excluding hydrogens is 164 g/mol. The molecule has 1 aliphatic carbocycles. The molecule has 0 aromatic heterocycles. The Morgan fingerprint density at radius 2 is 2.00 bits per heavy atom. The number of aliphatic hydroxyl groups is 1. The average Bonchev–Trinajstić information content (AvgIpc) is 2.34. The van der Waals surface area contributed by atoms with Gasteiger partial charge in [-0.05, 0) is 51.2 Å². The highest BCUT2D eigenvalue weighted by molar-refractivity contribution is 5.00. The SMILES string of the molecule is CN1CCC2(CC1)CC(O)C[C@@H]2N. The van der Waals surface area contributed by atoms with Crippen LogP contribution in [0.4, 0.5) is 0 Å². The number of nitrogens with two attached hydrogens (primary N) is 1. The second kappa shape index (κ2) is 3.23. The summed E-state index contributed by atoms with van der Waals surface area (Å²) in [7, 11) is 2.16. The molecule has 13 heavy (non-hydrogen) atoms. The summed E-state index contributed by atoms with van der Waals surface area (Å²) in [6.45, 7) is 2.28. The van der Waals surface area contributed by atoms with Crippen molar-refractivity contribution in [1.29, 1.82) is 0 Å². The van der Waals surface area contributed by atoms with Gasteiger partial charge in [-0.1, -0.05) is 0 Å². The summed E-state index contributed by atoms with van der Waals surface area (Å²) in [5.41, 5.74) is 6.37. The molecule has 1 saturated heterocycles. The Morgan fingerprint density at radius 3 is 2.46 bits per heavy atom. The Kier molecular flexibility index (Phi) is 2.34. The summed E-state index contributed by atoms with van der Waals surface area (Å²) in [5, 5.41) is 9.59. The van der Waals surface area contributed by atoms with Crippen LogP contribution >= 0.6 is 0 Å². The molecule has 0 aromatic rings. The summed E-state index contributed by atoms with van der Waals surface area (Å²) >= 11 is 0. The molecule has 2 fully saturated rings. The molecule has 0 radical (unpaired) electrons. The van der Waals surface area contributed by atoms with E-state index in [4.69, 9.17) is 5.73 Å². The first kappa shape index (κ1) is 9.44. The zero-order chi connectivity index (χ0) is 9.47. The van der Waals surface area contributed by atoms with E-state index in [0.29, 0.717) is 0 Å². The van der Waals surface area contributed by atoms with Gasteiger partial charge < -0.3 is 15.7 Å². The van der Waals surface area contributed by atoms with E-state index in [0.717, 1.165) is 25.9 Å². The Bertz CT molecular complexity index is 187. The Balaban J connectivity index is 2.04. The minimum Gasteiger partial charge on any atom is -0.393 e. The first-order chi connectivity index (χ1) is 6.12.